The Morgan fingerprint density at radius 1 is 1.32 bits per heavy atom. The second kappa shape index (κ2) is 5.33. The monoisotopic (exact) mass is 320 g/mol. The average Bonchev–Trinajstić information content (AvgIpc) is 2.89. The lowest BCUT2D eigenvalue weighted by molar-refractivity contribution is -0.142. The van der Waals surface area contributed by atoms with E-state index in [9.17, 15) is 13.2 Å². The van der Waals surface area contributed by atoms with Crippen LogP contribution in [-0.4, -0.2) is 41.9 Å². The maximum Gasteiger partial charge on any atom is 0.308 e. The van der Waals surface area contributed by atoms with Crippen molar-refractivity contribution in [1.82, 2.24) is 9.29 Å². The standard InChI is InChI=1S/C15H16N2O4S/c1-10-8-17(9-13(10)15(18)19)22(20,21)12-6-11-4-2-3-5-14(11)16-7-12/h2-7,10,13H,8-9H2,1H3,(H,18,19)/t10-,13-/m1/s1. The first-order valence-corrected chi connectivity index (χ1v) is 8.41. The molecule has 0 unspecified atom stereocenters. The number of aliphatic carboxylic acids is 1. The van der Waals surface area contributed by atoms with Gasteiger partial charge in [-0.2, -0.15) is 4.31 Å². The van der Waals surface area contributed by atoms with Crippen LogP contribution >= 0.6 is 0 Å². The molecule has 1 aromatic carbocycles. The molecule has 0 spiro atoms. The summed E-state index contributed by atoms with van der Waals surface area (Å²) < 4.78 is 26.6. The van der Waals surface area contributed by atoms with Gasteiger partial charge in [0.1, 0.15) is 4.90 Å². The Hall–Kier alpha value is -1.99. The number of aromatic nitrogens is 1. The molecule has 2 atom stereocenters. The van der Waals surface area contributed by atoms with Crippen LogP contribution in [-0.2, 0) is 14.8 Å². The zero-order chi connectivity index (χ0) is 15.9. The van der Waals surface area contributed by atoms with E-state index in [0.717, 1.165) is 10.9 Å². The lowest BCUT2D eigenvalue weighted by atomic mass is 9.99. The van der Waals surface area contributed by atoms with Crippen molar-refractivity contribution in [2.45, 2.75) is 11.8 Å². The van der Waals surface area contributed by atoms with Crippen molar-refractivity contribution < 1.29 is 18.3 Å². The van der Waals surface area contributed by atoms with Crippen molar-refractivity contribution in [3.8, 4) is 0 Å². The first-order valence-electron chi connectivity index (χ1n) is 6.97. The zero-order valence-electron chi connectivity index (χ0n) is 12.0. The van der Waals surface area contributed by atoms with Gasteiger partial charge in [0.2, 0.25) is 10.0 Å². The summed E-state index contributed by atoms with van der Waals surface area (Å²) in [7, 11) is -3.72. The molecule has 1 aliphatic rings. The molecule has 1 N–H and O–H groups in total. The quantitative estimate of drug-likeness (QED) is 0.927. The summed E-state index contributed by atoms with van der Waals surface area (Å²) in [5, 5.41) is 9.89. The van der Waals surface area contributed by atoms with Crippen molar-refractivity contribution in [2.24, 2.45) is 11.8 Å². The molecule has 6 nitrogen and oxygen atoms in total. The molecule has 0 aliphatic carbocycles. The van der Waals surface area contributed by atoms with E-state index in [0.29, 0.717) is 0 Å². The lowest BCUT2D eigenvalue weighted by Crippen LogP contribution is -2.30. The number of carboxylic acids is 1. The van der Waals surface area contributed by atoms with E-state index in [4.69, 9.17) is 5.11 Å². The summed E-state index contributed by atoms with van der Waals surface area (Å²) in [4.78, 5) is 15.4. The molecule has 1 aromatic heterocycles. The van der Waals surface area contributed by atoms with E-state index in [2.05, 4.69) is 4.98 Å². The van der Waals surface area contributed by atoms with E-state index in [1.165, 1.54) is 10.5 Å². The highest BCUT2D eigenvalue weighted by atomic mass is 32.2. The zero-order valence-corrected chi connectivity index (χ0v) is 12.8. The SMILES string of the molecule is C[C@@H]1CN(S(=O)(=O)c2cnc3ccccc3c2)C[C@H]1C(=O)O. The maximum atomic E-state index is 12.7. The smallest absolute Gasteiger partial charge is 0.308 e. The van der Waals surface area contributed by atoms with Gasteiger partial charge in [-0.25, -0.2) is 8.42 Å². The Balaban J connectivity index is 1.97. The number of pyridine rings is 1. The van der Waals surface area contributed by atoms with Gasteiger partial charge in [0.25, 0.3) is 0 Å². The lowest BCUT2D eigenvalue weighted by Gasteiger charge is -2.16. The van der Waals surface area contributed by atoms with Gasteiger partial charge in [-0.1, -0.05) is 25.1 Å². The highest BCUT2D eigenvalue weighted by Gasteiger charge is 2.40. The Kier molecular flexibility index (Phi) is 3.62. The van der Waals surface area contributed by atoms with Crippen molar-refractivity contribution >= 4 is 26.9 Å². The molecule has 1 saturated heterocycles. The minimum Gasteiger partial charge on any atom is -0.481 e. The van der Waals surface area contributed by atoms with Crippen LogP contribution in [0.15, 0.2) is 41.4 Å². The minimum atomic E-state index is -3.72. The van der Waals surface area contributed by atoms with Gasteiger partial charge in [0, 0.05) is 24.7 Å². The third-order valence-corrected chi connectivity index (χ3v) is 5.90. The van der Waals surface area contributed by atoms with Crippen LogP contribution in [0.1, 0.15) is 6.92 Å². The average molecular weight is 320 g/mol. The number of sulfonamides is 1. The van der Waals surface area contributed by atoms with Crippen LogP contribution in [0.4, 0.5) is 0 Å². The molecule has 2 heterocycles. The molecule has 3 rings (SSSR count). The fourth-order valence-electron chi connectivity index (χ4n) is 2.78. The number of para-hydroxylation sites is 1. The van der Waals surface area contributed by atoms with Crippen LogP contribution in [0.25, 0.3) is 10.9 Å². The number of carboxylic acid groups (broad SMARTS) is 1. The molecule has 2 aromatic rings. The van der Waals surface area contributed by atoms with Crippen molar-refractivity contribution in [2.75, 3.05) is 13.1 Å². The first-order chi connectivity index (χ1) is 10.4. The number of benzene rings is 1. The Bertz CT molecular complexity index is 834. The van der Waals surface area contributed by atoms with Gasteiger partial charge in [-0.3, -0.25) is 9.78 Å². The fraction of sp³-hybridized carbons (Fsp3) is 0.333. The molecule has 116 valence electrons. The molecular weight excluding hydrogens is 304 g/mol. The van der Waals surface area contributed by atoms with Crippen molar-refractivity contribution in [3.63, 3.8) is 0 Å². The van der Waals surface area contributed by atoms with Crippen LogP contribution in [0.3, 0.4) is 0 Å². The third-order valence-electron chi connectivity index (χ3n) is 4.10. The summed E-state index contributed by atoms with van der Waals surface area (Å²) >= 11 is 0. The van der Waals surface area contributed by atoms with Gasteiger partial charge in [0.05, 0.1) is 11.4 Å². The summed E-state index contributed by atoms with van der Waals surface area (Å²) in [6.45, 7) is 1.98. The van der Waals surface area contributed by atoms with Crippen molar-refractivity contribution in [3.05, 3.63) is 36.5 Å². The highest BCUT2D eigenvalue weighted by Crippen LogP contribution is 2.29. The molecule has 0 bridgehead atoms. The number of carbonyl (C=O) groups is 1. The number of hydrogen-bond donors (Lipinski definition) is 1. The van der Waals surface area contributed by atoms with E-state index >= 15 is 0 Å². The van der Waals surface area contributed by atoms with Gasteiger partial charge in [-0.15, -0.1) is 0 Å². The summed E-state index contributed by atoms with van der Waals surface area (Å²) in [6, 6.07) is 8.84. The van der Waals surface area contributed by atoms with Gasteiger partial charge in [-0.05, 0) is 18.1 Å². The van der Waals surface area contributed by atoms with E-state index in [1.807, 2.05) is 18.2 Å². The van der Waals surface area contributed by atoms with E-state index < -0.39 is 21.9 Å². The molecule has 22 heavy (non-hydrogen) atoms. The topological polar surface area (TPSA) is 87.6 Å². The fourth-order valence-corrected chi connectivity index (χ4v) is 4.33. The van der Waals surface area contributed by atoms with Crippen LogP contribution in [0.5, 0.6) is 0 Å². The molecule has 1 aliphatic heterocycles. The largest absolute Gasteiger partial charge is 0.481 e. The molecule has 7 heteroatoms. The van der Waals surface area contributed by atoms with E-state index in [-0.39, 0.29) is 23.9 Å². The van der Waals surface area contributed by atoms with Gasteiger partial charge < -0.3 is 5.11 Å². The second-order valence-corrected chi connectivity index (χ2v) is 7.55. The predicted molar refractivity (Wildman–Crippen MR) is 80.8 cm³/mol. The van der Waals surface area contributed by atoms with Gasteiger partial charge in [0.15, 0.2) is 0 Å². The molecule has 0 saturated carbocycles. The van der Waals surface area contributed by atoms with Crippen LogP contribution in [0, 0.1) is 11.8 Å². The summed E-state index contributed by atoms with van der Waals surface area (Å²) in [6.07, 6.45) is 1.33. The van der Waals surface area contributed by atoms with Crippen molar-refractivity contribution in [1.29, 1.82) is 0 Å². The predicted octanol–water partition coefficient (Wildman–Crippen LogP) is 1.58. The normalized spacial score (nSPS) is 23.0. The first kappa shape index (κ1) is 14.9. The number of hydrogen-bond acceptors (Lipinski definition) is 4. The molecule has 0 amide bonds. The van der Waals surface area contributed by atoms with Crippen LogP contribution < -0.4 is 0 Å². The number of rotatable bonds is 3. The summed E-state index contributed by atoms with van der Waals surface area (Å²) in [5.74, 6) is -1.83. The molecule has 1 fully saturated rings. The maximum absolute atomic E-state index is 12.7. The highest BCUT2D eigenvalue weighted by molar-refractivity contribution is 7.89. The number of nitrogens with zero attached hydrogens (tertiary/aromatic N) is 2. The molecule has 0 radical (unpaired) electrons. The Labute approximate surface area is 128 Å². The van der Waals surface area contributed by atoms with E-state index in [1.54, 1.807) is 19.1 Å². The second-order valence-electron chi connectivity index (χ2n) is 5.61. The van der Waals surface area contributed by atoms with Gasteiger partial charge >= 0.3 is 5.97 Å². The number of fused-ring (bicyclic) bond motifs is 1. The summed E-state index contributed by atoms with van der Waals surface area (Å²) in [5.41, 5.74) is 0.722. The Morgan fingerprint density at radius 2 is 2.05 bits per heavy atom. The Morgan fingerprint density at radius 3 is 2.73 bits per heavy atom. The minimum absolute atomic E-state index is 0.00562. The third kappa shape index (κ3) is 2.46. The van der Waals surface area contributed by atoms with Crippen LogP contribution in [0.2, 0.25) is 0 Å². The molecular formula is C15H16N2O4S.